The fourth-order valence-electron chi connectivity index (χ4n) is 5.85. The predicted octanol–water partition coefficient (Wildman–Crippen LogP) is 5.93. The quantitative estimate of drug-likeness (QED) is 0.294. The third-order valence-corrected chi connectivity index (χ3v) is 10.2. The first kappa shape index (κ1) is 30.0. The summed E-state index contributed by atoms with van der Waals surface area (Å²) >= 11 is 3.63. The molecular formula is C31H43BrN7OP. The number of ether oxygens (including phenoxy) is 1. The molecule has 8 nitrogen and oxygen atoms in total. The van der Waals surface area contributed by atoms with E-state index in [1.807, 2.05) is 0 Å². The molecule has 2 aliphatic rings. The number of likely N-dealkylation sites (N-methyl/N-ethyl adjacent to an activating group) is 1. The Bertz CT molecular complexity index is 1350. The van der Waals surface area contributed by atoms with Gasteiger partial charge in [0.25, 0.3) is 0 Å². The topological polar surface area (TPSA) is 68.8 Å². The van der Waals surface area contributed by atoms with Gasteiger partial charge in [-0.15, -0.1) is 0 Å². The van der Waals surface area contributed by atoms with Gasteiger partial charge in [-0.25, -0.2) is 4.98 Å². The summed E-state index contributed by atoms with van der Waals surface area (Å²) in [5.41, 5.74) is 5.61. The zero-order chi connectivity index (χ0) is 29.1. The average Bonchev–Trinajstić information content (AvgIpc) is 2.95. The molecule has 0 aliphatic carbocycles. The van der Waals surface area contributed by atoms with E-state index in [0.29, 0.717) is 12.0 Å². The molecule has 10 heteroatoms. The molecule has 0 unspecified atom stereocenters. The zero-order valence-electron chi connectivity index (χ0n) is 25.2. The summed E-state index contributed by atoms with van der Waals surface area (Å²) in [6.45, 7) is 15.7. The second-order valence-electron chi connectivity index (χ2n) is 11.5. The van der Waals surface area contributed by atoms with Gasteiger partial charge in [0.05, 0.1) is 17.3 Å². The lowest BCUT2D eigenvalue weighted by molar-refractivity contribution is 0.0982. The molecule has 0 radical (unpaired) electrons. The Labute approximate surface area is 254 Å². The van der Waals surface area contributed by atoms with Crippen LogP contribution in [0.2, 0.25) is 0 Å². The first-order valence-electron chi connectivity index (χ1n) is 14.4. The fraction of sp³-hybridized carbons (Fsp3) is 0.484. The molecule has 0 spiro atoms. The number of piperidine rings is 1. The third-order valence-electron chi connectivity index (χ3n) is 8.25. The number of aryl methyl sites for hydroxylation is 2. The number of benzene rings is 2. The Balaban J connectivity index is 1.30. The van der Waals surface area contributed by atoms with E-state index >= 15 is 0 Å². The van der Waals surface area contributed by atoms with E-state index in [1.54, 1.807) is 13.3 Å². The van der Waals surface area contributed by atoms with Crippen molar-refractivity contribution >= 4 is 58.0 Å². The molecule has 2 N–H and O–H groups in total. The van der Waals surface area contributed by atoms with Gasteiger partial charge in [0.15, 0.2) is 0 Å². The molecule has 0 amide bonds. The van der Waals surface area contributed by atoms with E-state index in [-0.39, 0.29) is 7.92 Å². The predicted molar refractivity (Wildman–Crippen MR) is 178 cm³/mol. The lowest BCUT2D eigenvalue weighted by atomic mass is 10.0. The number of rotatable bonds is 8. The summed E-state index contributed by atoms with van der Waals surface area (Å²) in [6, 6.07) is 11.6. The Morgan fingerprint density at radius 1 is 0.951 bits per heavy atom. The molecule has 0 saturated carbocycles. The number of hydrogen-bond acceptors (Lipinski definition) is 8. The summed E-state index contributed by atoms with van der Waals surface area (Å²) in [5.74, 6) is 2.02. The lowest BCUT2D eigenvalue weighted by Gasteiger charge is -2.43. The van der Waals surface area contributed by atoms with Crippen LogP contribution < -0.4 is 25.6 Å². The normalized spacial score (nSPS) is 17.2. The maximum atomic E-state index is 5.85. The minimum Gasteiger partial charge on any atom is -0.494 e. The molecule has 0 bridgehead atoms. The van der Waals surface area contributed by atoms with Gasteiger partial charge in [0.2, 0.25) is 5.95 Å². The molecule has 5 rings (SSSR count). The maximum absolute atomic E-state index is 5.85. The number of piperazine rings is 1. The van der Waals surface area contributed by atoms with E-state index in [0.717, 1.165) is 40.5 Å². The van der Waals surface area contributed by atoms with Gasteiger partial charge in [0, 0.05) is 68.9 Å². The van der Waals surface area contributed by atoms with Crippen LogP contribution in [0, 0.1) is 13.8 Å². The van der Waals surface area contributed by atoms with Gasteiger partial charge in [-0.1, -0.05) is 20.1 Å². The molecule has 41 heavy (non-hydrogen) atoms. The highest BCUT2D eigenvalue weighted by Gasteiger charge is 2.27. The second-order valence-corrected chi connectivity index (χ2v) is 14.6. The first-order valence-corrected chi connectivity index (χ1v) is 17.5. The van der Waals surface area contributed by atoms with E-state index in [1.165, 1.54) is 61.1 Å². The number of nitrogens with one attached hydrogen (secondary N) is 2. The summed E-state index contributed by atoms with van der Waals surface area (Å²) < 4.78 is 6.67. The van der Waals surface area contributed by atoms with E-state index < -0.39 is 0 Å². The van der Waals surface area contributed by atoms with E-state index in [9.17, 15) is 0 Å². The highest BCUT2D eigenvalue weighted by Crippen LogP contribution is 2.37. The summed E-state index contributed by atoms with van der Waals surface area (Å²) in [6.07, 6.45) is 4.19. The Morgan fingerprint density at radius 3 is 2.37 bits per heavy atom. The largest absolute Gasteiger partial charge is 0.494 e. The molecule has 2 aliphatic heterocycles. The van der Waals surface area contributed by atoms with Crippen molar-refractivity contribution in [3.63, 3.8) is 0 Å². The van der Waals surface area contributed by atoms with Crippen LogP contribution in [0.15, 0.2) is 41.0 Å². The van der Waals surface area contributed by atoms with Crippen LogP contribution in [-0.2, 0) is 0 Å². The van der Waals surface area contributed by atoms with E-state index in [4.69, 9.17) is 9.72 Å². The molecule has 2 fully saturated rings. The van der Waals surface area contributed by atoms with Gasteiger partial charge in [-0.05, 0) is 91.6 Å². The zero-order valence-corrected chi connectivity index (χ0v) is 27.6. The Morgan fingerprint density at radius 2 is 1.68 bits per heavy atom. The molecule has 0 atom stereocenters. The highest BCUT2D eigenvalue weighted by atomic mass is 79.9. The van der Waals surface area contributed by atoms with Crippen molar-refractivity contribution in [2.75, 3.05) is 82.3 Å². The number of nitrogens with zero attached hydrogens (tertiary/aromatic N) is 5. The molecule has 2 aromatic carbocycles. The van der Waals surface area contributed by atoms with Crippen molar-refractivity contribution < 1.29 is 4.74 Å². The van der Waals surface area contributed by atoms with Gasteiger partial charge < -0.3 is 25.2 Å². The van der Waals surface area contributed by atoms with Crippen LogP contribution in [0.3, 0.4) is 0 Å². The van der Waals surface area contributed by atoms with Crippen LogP contribution in [0.1, 0.15) is 24.0 Å². The summed E-state index contributed by atoms with van der Waals surface area (Å²) in [5, 5.41) is 8.27. The molecule has 3 heterocycles. The highest BCUT2D eigenvalue weighted by molar-refractivity contribution is 9.10. The average molecular weight is 641 g/mol. The molecule has 2 saturated heterocycles. The molecular weight excluding hydrogens is 597 g/mol. The van der Waals surface area contributed by atoms with Crippen molar-refractivity contribution in [2.24, 2.45) is 0 Å². The molecule has 3 aromatic rings. The third kappa shape index (κ3) is 7.14. The van der Waals surface area contributed by atoms with Gasteiger partial charge >= 0.3 is 0 Å². The van der Waals surface area contributed by atoms with Crippen molar-refractivity contribution in [1.82, 2.24) is 19.8 Å². The van der Waals surface area contributed by atoms with Crippen LogP contribution in [0.4, 0.5) is 28.8 Å². The minimum atomic E-state index is -0.271. The van der Waals surface area contributed by atoms with Gasteiger partial charge in [-0.2, -0.15) is 4.98 Å². The number of anilines is 5. The first-order chi connectivity index (χ1) is 19.7. The van der Waals surface area contributed by atoms with Crippen molar-refractivity contribution in [3.05, 3.63) is 52.1 Å². The van der Waals surface area contributed by atoms with Crippen LogP contribution in [0.5, 0.6) is 5.75 Å². The number of halogens is 1. The van der Waals surface area contributed by atoms with Crippen molar-refractivity contribution in [1.29, 1.82) is 0 Å². The summed E-state index contributed by atoms with van der Waals surface area (Å²) in [7, 11) is 3.68. The maximum Gasteiger partial charge on any atom is 0.229 e. The molecule has 220 valence electrons. The van der Waals surface area contributed by atoms with Crippen LogP contribution in [0.25, 0.3) is 0 Å². The van der Waals surface area contributed by atoms with Gasteiger partial charge in [-0.3, -0.25) is 4.90 Å². The SMILES string of the molecule is COc1cc(N2CCC(N3CCN(C)CC3)CC2)c(C)cc1Nc1ncc(Br)c(Nc2cc(C)ccc2P(C)C)n1. The standard InChI is InChI=1S/C31H43BrN7OP/c1-21-7-8-29(41(5)6)26(17-21)34-30-24(32)20-33-31(36-30)35-25-18-22(2)27(19-28(25)40-4)39-11-9-23(10-12-39)38-15-13-37(3)14-16-38/h7-8,17-20,23H,9-16H2,1-6H3,(H2,33,34,35,36). The van der Waals surface area contributed by atoms with Crippen molar-refractivity contribution in [3.8, 4) is 5.75 Å². The smallest absolute Gasteiger partial charge is 0.229 e. The van der Waals surface area contributed by atoms with Crippen LogP contribution in [-0.4, -0.2) is 92.6 Å². The summed E-state index contributed by atoms with van der Waals surface area (Å²) in [4.78, 5) is 17.0. The lowest BCUT2D eigenvalue weighted by Crippen LogP contribution is -2.52. The number of aromatic nitrogens is 2. The molecule has 1 aromatic heterocycles. The van der Waals surface area contributed by atoms with Crippen molar-refractivity contribution in [2.45, 2.75) is 32.7 Å². The minimum absolute atomic E-state index is 0.271. The Kier molecular flexibility index (Phi) is 9.70. The van der Waals surface area contributed by atoms with Gasteiger partial charge in [0.1, 0.15) is 11.6 Å². The monoisotopic (exact) mass is 639 g/mol. The second kappa shape index (κ2) is 13.2. The number of hydrogen-bond donors (Lipinski definition) is 2. The van der Waals surface area contributed by atoms with Crippen LogP contribution >= 0.6 is 23.9 Å². The Hall–Kier alpha value is -2.45. The fourth-order valence-corrected chi connectivity index (χ4v) is 7.11. The van der Waals surface area contributed by atoms with E-state index in [2.05, 4.69) is 111 Å². The number of methoxy groups -OCH3 is 1.